The minimum absolute atomic E-state index is 0.0843. The van der Waals surface area contributed by atoms with Crippen molar-refractivity contribution in [2.45, 2.75) is 20.4 Å². The number of ether oxygens (including phenoxy) is 2. The molecule has 0 saturated heterocycles. The number of rotatable bonds is 7. The molecule has 1 aromatic heterocycles. The molecule has 0 saturated carbocycles. The summed E-state index contributed by atoms with van der Waals surface area (Å²) in [5, 5.41) is 2.72. The summed E-state index contributed by atoms with van der Waals surface area (Å²) in [6, 6.07) is 14.2. The maximum absolute atomic E-state index is 12.4. The molecule has 0 aliphatic heterocycles. The number of esters is 1. The predicted octanol–water partition coefficient (Wildman–Crippen LogP) is 2.73. The van der Waals surface area contributed by atoms with Gasteiger partial charge in [-0.05, 0) is 37.3 Å². The van der Waals surface area contributed by atoms with Crippen LogP contribution in [0.2, 0.25) is 0 Å². The van der Waals surface area contributed by atoms with Crippen molar-refractivity contribution < 1.29 is 23.9 Å². The Morgan fingerprint density at radius 3 is 2.60 bits per heavy atom. The molecular weight excluding hydrogens is 406 g/mol. The van der Waals surface area contributed by atoms with Gasteiger partial charge in [0.2, 0.25) is 5.91 Å². The molecule has 8 nitrogen and oxygen atoms in total. The van der Waals surface area contributed by atoms with E-state index in [-0.39, 0.29) is 25.7 Å². The smallest absolute Gasteiger partial charge is 0.326 e. The standard InChI is InChI=1S/C21H21N3O5S/c1-3-28-20(27)12-24-17-10-9-15(22-14(2)25)11-18(17)30-21(24)23-19(26)13-29-16-7-5-4-6-8-16/h4-11H,3,12-13H2,1-2H3,(H,22,25). The van der Waals surface area contributed by atoms with Gasteiger partial charge in [-0.15, -0.1) is 0 Å². The van der Waals surface area contributed by atoms with Gasteiger partial charge in [-0.2, -0.15) is 4.99 Å². The lowest BCUT2D eigenvalue weighted by atomic mass is 10.3. The second-order valence-corrected chi connectivity index (χ2v) is 7.26. The van der Waals surface area contributed by atoms with Gasteiger partial charge < -0.3 is 19.4 Å². The molecule has 156 valence electrons. The number of anilines is 1. The van der Waals surface area contributed by atoms with Crippen LogP contribution < -0.4 is 14.9 Å². The molecule has 0 fully saturated rings. The number of aromatic nitrogens is 1. The average molecular weight is 427 g/mol. The number of hydrogen-bond acceptors (Lipinski definition) is 6. The largest absolute Gasteiger partial charge is 0.484 e. The molecule has 0 aliphatic rings. The molecule has 3 rings (SSSR count). The third kappa shape index (κ3) is 5.54. The molecule has 0 bridgehead atoms. The third-order valence-corrected chi connectivity index (χ3v) is 4.96. The fraction of sp³-hybridized carbons (Fsp3) is 0.238. The van der Waals surface area contributed by atoms with Crippen molar-refractivity contribution in [3.05, 3.63) is 53.3 Å². The Morgan fingerprint density at radius 1 is 1.13 bits per heavy atom. The van der Waals surface area contributed by atoms with E-state index in [1.54, 1.807) is 41.8 Å². The van der Waals surface area contributed by atoms with Gasteiger partial charge in [0.25, 0.3) is 5.91 Å². The van der Waals surface area contributed by atoms with Crippen molar-refractivity contribution >= 4 is 45.0 Å². The van der Waals surface area contributed by atoms with Gasteiger partial charge in [-0.25, -0.2) is 0 Å². The number of hydrogen-bond donors (Lipinski definition) is 1. The minimum atomic E-state index is -0.481. The van der Waals surface area contributed by atoms with Crippen LogP contribution in [0.5, 0.6) is 5.75 Å². The summed E-state index contributed by atoms with van der Waals surface area (Å²) in [5.74, 6) is -0.539. The summed E-state index contributed by atoms with van der Waals surface area (Å²) in [7, 11) is 0. The highest BCUT2D eigenvalue weighted by molar-refractivity contribution is 7.16. The van der Waals surface area contributed by atoms with E-state index in [0.29, 0.717) is 21.8 Å². The van der Waals surface area contributed by atoms with Crippen molar-refractivity contribution in [3.63, 3.8) is 0 Å². The summed E-state index contributed by atoms with van der Waals surface area (Å²) < 4.78 is 12.9. The second-order valence-electron chi connectivity index (χ2n) is 6.25. The van der Waals surface area contributed by atoms with E-state index in [2.05, 4.69) is 10.3 Å². The molecule has 0 unspecified atom stereocenters. The summed E-state index contributed by atoms with van der Waals surface area (Å²) in [5.41, 5.74) is 1.32. The zero-order chi connectivity index (χ0) is 21.5. The van der Waals surface area contributed by atoms with E-state index in [1.807, 2.05) is 18.2 Å². The van der Waals surface area contributed by atoms with Crippen LogP contribution in [-0.2, 0) is 25.7 Å². The Morgan fingerprint density at radius 2 is 1.90 bits per heavy atom. The number of nitrogens with zero attached hydrogens (tertiary/aromatic N) is 2. The van der Waals surface area contributed by atoms with Crippen molar-refractivity contribution in [2.75, 3.05) is 18.5 Å². The van der Waals surface area contributed by atoms with Crippen LogP contribution in [0.3, 0.4) is 0 Å². The molecule has 1 N–H and O–H groups in total. The first-order chi connectivity index (χ1) is 14.5. The van der Waals surface area contributed by atoms with Gasteiger partial charge in [0, 0.05) is 12.6 Å². The van der Waals surface area contributed by atoms with Gasteiger partial charge in [-0.3, -0.25) is 14.4 Å². The number of thiazole rings is 1. The monoisotopic (exact) mass is 427 g/mol. The van der Waals surface area contributed by atoms with Crippen LogP contribution in [0.4, 0.5) is 5.69 Å². The summed E-state index contributed by atoms with van der Waals surface area (Å²) in [6.45, 7) is 3.09. The van der Waals surface area contributed by atoms with Crippen LogP contribution in [0, 0.1) is 0 Å². The van der Waals surface area contributed by atoms with Crippen molar-refractivity contribution in [1.29, 1.82) is 0 Å². The van der Waals surface area contributed by atoms with Crippen molar-refractivity contribution in [3.8, 4) is 5.75 Å². The van der Waals surface area contributed by atoms with Crippen LogP contribution in [0.25, 0.3) is 10.2 Å². The molecule has 1 heterocycles. The molecule has 9 heteroatoms. The van der Waals surface area contributed by atoms with Crippen LogP contribution in [0.15, 0.2) is 53.5 Å². The Kier molecular flexibility index (Phi) is 6.97. The first-order valence-corrected chi connectivity index (χ1v) is 10.1. The Hall–Kier alpha value is -3.46. The van der Waals surface area contributed by atoms with E-state index < -0.39 is 11.9 Å². The molecule has 2 amide bonds. The number of carbonyl (C=O) groups is 3. The van der Waals surface area contributed by atoms with Crippen molar-refractivity contribution in [2.24, 2.45) is 4.99 Å². The second kappa shape index (κ2) is 9.84. The van der Waals surface area contributed by atoms with Crippen molar-refractivity contribution in [1.82, 2.24) is 4.57 Å². The quantitative estimate of drug-likeness (QED) is 0.585. The molecule has 3 aromatic rings. The van der Waals surface area contributed by atoms with Crippen LogP contribution in [0.1, 0.15) is 13.8 Å². The lowest BCUT2D eigenvalue weighted by molar-refractivity contribution is -0.143. The van der Waals surface area contributed by atoms with Gasteiger partial charge in [-0.1, -0.05) is 29.5 Å². The van der Waals surface area contributed by atoms with Crippen LogP contribution in [-0.4, -0.2) is 35.6 Å². The fourth-order valence-corrected chi connectivity index (χ4v) is 3.81. The first kappa shape index (κ1) is 21.3. The fourth-order valence-electron chi connectivity index (χ4n) is 2.73. The average Bonchev–Trinajstić information content (AvgIpc) is 3.03. The van der Waals surface area contributed by atoms with E-state index in [0.717, 1.165) is 4.70 Å². The number of benzene rings is 2. The molecular formula is C21H21N3O5S. The molecule has 2 aromatic carbocycles. The minimum Gasteiger partial charge on any atom is -0.484 e. The van der Waals surface area contributed by atoms with Gasteiger partial charge in [0.15, 0.2) is 11.4 Å². The lowest BCUT2D eigenvalue weighted by Crippen LogP contribution is -2.24. The molecule has 0 atom stereocenters. The number of carbonyl (C=O) groups excluding carboxylic acids is 3. The third-order valence-electron chi connectivity index (χ3n) is 3.92. The van der Waals surface area contributed by atoms with E-state index in [9.17, 15) is 14.4 Å². The number of para-hydroxylation sites is 1. The first-order valence-electron chi connectivity index (χ1n) is 9.28. The zero-order valence-electron chi connectivity index (χ0n) is 16.6. The highest BCUT2D eigenvalue weighted by atomic mass is 32.1. The number of fused-ring (bicyclic) bond motifs is 1. The summed E-state index contributed by atoms with van der Waals surface area (Å²) in [6.07, 6.45) is 0. The topological polar surface area (TPSA) is 99.0 Å². The maximum Gasteiger partial charge on any atom is 0.326 e. The van der Waals surface area contributed by atoms with Crippen LogP contribution >= 0.6 is 11.3 Å². The van der Waals surface area contributed by atoms with Gasteiger partial charge in [0.1, 0.15) is 12.3 Å². The zero-order valence-corrected chi connectivity index (χ0v) is 17.4. The maximum atomic E-state index is 12.4. The number of nitrogens with one attached hydrogen (secondary N) is 1. The van der Waals surface area contributed by atoms with E-state index in [1.165, 1.54) is 18.3 Å². The summed E-state index contributed by atoms with van der Waals surface area (Å²) in [4.78, 5) is 40.2. The Bertz CT molecular complexity index is 1130. The molecule has 0 radical (unpaired) electrons. The van der Waals surface area contributed by atoms with Gasteiger partial charge >= 0.3 is 5.97 Å². The summed E-state index contributed by atoms with van der Waals surface area (Å²) >= 11 is 1.24. The molecule has 0 aliphatic carbocycles. The molecule has 30 heavy (non-hydrogen) atoms. The number of amides is 2. The van der Waals surface area contributed by atoms with E-state index >= 15 is 0 Å². The van der Waals surface area contributed by atoms with E-state index in [4.69, 9.17) is 9.47 Å². The normalized spacial score (nSPS) is 11.3. The SMILES string of the molecule is CCOC(=O)Cn1c(=NC(=O)COc2ccccc2)sc2cc(NC(C)=O)ccc21. The highest BCUT2D eigenvalue weighted by Gasteiger charge is 2.13. The lowest BCUT2D eigenvalue weighted by Gasteiger charge is -2.06. The predicted molar refractivity (Wildman–Crippen MR) is 113 cm³/mol. The van der Waals surface area contributed by atoms with Gasteiger partial charge in [0.05, 0.1) is 16.8 Å². The Balaban J connectivity index is 1.93. The molecule has 0 spiro atoms. The Labute approximate surface area is 176 Å². The highest BCUT2D eigenvalue weighted by Crippen LogP contribution is 2.22.